The second kappa shape index (κ2) is 6.02. The van der Waals surface area contributed by atoms with Crippen LogP contribution in [0.2, 0.25) is 0 Å². The van der Waals surface area contributed by atoms with Crippen molar-refractivity contribution in [1.82, 2.24) is 0 Å². The number of hydrogen-bond donors (Lipinski definition) is 1. The molecule has 0 heterocycles. The fraction of sp³-hybridized carbons (Fsp3) is 0.308. The molecule has 2 nitrogen and oxygen atoms in total. The molecule has 1 N–H and O–H groups in total. The lowest BCUT2D eigenvalue weighted by molar-refractivity contribution is -0.131. The molecule has 15 heavy (non-hydrogen) atoms. The quantitative estimate of drug-likeness (QED) is 0.749. The molecule has 2 heteroatoms. The molecular weight excluding hydrogens is 188 g/mol. The number of aliphatic carboxylic acids is 1. The van der Waals surface area contributed by atoms with E-state index in [0.717, 1.165) is 12.8 Å². The summed E-state index contributed by atoms with van der Waals surface area (Å²) >= 11 is 0. The van der Waals surface area contributed by atoms with E-state index < -0.39 is 5.97 Å². The Labute approximate surface area is 90.3 Å². The molecule has 0 spiro atoms. The van der Waals surface area contributed by atoms with Crippen molar-refractivity contribution < 1.29 is 9.90 Å². The highest BCUT2D eigenvalue weighted by Gasteiger charge is 1.99. The van der Waals surface area contributed by atoms with Crippen LogP contribution in [-0.2, 0) is 11.2 Å². The third-order valence-corrected chi connectivity index (χ3v) is 2.30. The average Bonchev–Trinajstić information content (AvgIpc) is 2.25. The molecule has 1 atom stereocenters. The molecule has 0 saturated carbocycles. The van der Waals surface area contributed by atoms with Crippen LogP contribution in [0.5, 0.6) is 0 Å². The third-order valence-electron chi connectivity index (χ3n) is 2.30. The van der Waals surface area contributed by atoms with E-state index in [-0.39, 0.29) is 0 Å². The summed E-state index contributed by atoms with van der Waals surface area (Å²) in [5, 5.41) is 8.46. The Balaban J connectivity index is 2.34. The van der Waals surface area contributed by atoms with Crippen LogP contribution in [-0.4, -0.2) is 11.1 Å². The Kier molecular flexibility index (Phi) is 4.61. The molecule has 1 aromatic carbocycles. The summed E-state index contributed by atoms with van der Waals surface area (Å²) in [4.78, 5) is 10.3. The van der Waals surface area contributed by atoms with E-state index in [9.17, 15) is 4.79 Å². The Bertz CT molecular complexity index is 328. The maximum atomic E-state index is 10.3. The number of carbonyl (C=O) groups is 1. The predicted octanol–water partition coefficient (Wildman–Crippen LogP) is 2.90. The Morgan fingerprint density at radius 1 is 1.40 bits per heavy atom. The molecule has 0 bridgehead atoms. The van der Waals surface area contributed by atoms with Gasteiger partial charge in [0.25, 0.3) is 0 Å². The van der Waals surface area contributed by atoms with Crippen molar-refractivity contribution in [3.8, 4) is 0 Å². The highest BCUT2D eigenvalue weighted by molar-refractivity contribution is 5.79. The van der Waals surface area contributed by atoms with Crippen molar-refractivity contribution in [2.45, 2.75) is 19.8 Å². The lowest BCUT2D eigenvalue weighted by Crippen LogP contribution is -1.95. The van der Waals surface area contributed by atoms with Crippen molar-refractivity contribution in [2.75, 3.05) is 0 Å². The van der Waals surface area contributed by atoms with Crippen LogP contribution in [0.25, 0.3) is 0 Å². The van der Waals surface area contributed by atoms with Gasteiger partial charge in [-0.05, 0) is 24.3 Å². The molecule has 1 unspecified atom stereocenters. The Hall–Kier alpha value is -1.57. The van der Waals surface area contributed by atoms with Crippen molar-refractivity contribution in [2.24, 2.45) is 5.92 Å². The summed E-state index contributed by atoms with van der Waals surface area (Å²) in [7, 11) is 0. The second-order valence-electron chi connectivity index (χ2n) is 3.70. The summed E-state index contributed by atoms with van der Waals surface area (Å²) in [5.41, 5.74) is 1.30. The maximum absolute atomic E-state index is 10.3. The van der Waals surface area contributed by atoms with Crippen LogP contribution in [0.1, 0.15) is 18.9 Å². The van der Waals surface area contributed by atoms with Gasteiger partial charge in [-0.25, -0.2) is 4.79 Å². The molecule has 0 aromatic heterocycles. The maximum Gasteiger partial charge on any atom is 0.327 e. The number of hydrogen-bond acceptors (Lipinski definition) is 1. The monoisotopic (exact) mass is 204 g/mol. The summed E-state index contributed by atoms with van der Waals surface area (Å²) in [5.74, 6) is -0.567. The molecule has 0 amide bonds. The minimum atomic E-state index is -0.874. The Morgan fingerprint density at radius 3 is 2.67 bits per heavy atom. The average molecular weight is 204 g/mol. The van der Waals surface area contributed by atoms with Gasteiger partial charge >= 0.3 is 5.97 Å². The van der Waals surface area contributed by atoms with Gasteiger partial charge in [0.2, 0.25) is 0 Å². The van der Waals surface area contributed by atoms with Crippen molar-refractivity contribution in [1.29, 1.82) is 0 Å². The topological polar surface area (TPSA) is 37.3 Å². The summed E-state index contributed by atoms with van der Waals surface area (Å²) in [6.45, 7) is 2.03. The van der Waals surface area contributed by atoms with Gasteiger partial charge < -0.3 is 5.11 Å². The molecule has 0 saturated heterocycles. The van der Waals surface area contributed by atoms with E-state index in [1.165, 1.54) is 11.6 Å². The molecule has 0 fully saturated rings. The smallest absolute Gasteiger partial charge is 0.327 e. The van der Waals surface area contributed by atoms with Crippen LogP contribution < -0.4 is 0 Å². The fourth-order valence-corrected chi connectivity index (χ4v) is 1.38. The molecule has 0 aliphatic heterocycles. The first-order valence-corrected chi connectivity index (χ1v) is 5.13. The van der Waals surface area contributed by atoms with Gasteiger partial charge in [-0.2, -0.15) is 0 Å². The van der Waals surface area contributed by atoms with E-state index in [1.54, 1.807) is 6.08 Å². The Morgan fingerprint density at radius 2 is 2.07 bits per heavy atom. The molecule has 0 aliphatic rings. The molecule has 1 rings (SSSR count). The standard InChI is InChI=1S/C13H16O2/c1-11(8-10-13(14)15)7-9-12-5-3-2-4-6-12/h2-6,8,10-11H,7,9H2,1H3,(H,14,15). The van der Waals surface area contributed by atoms with E-state index in [1.807, 2.05) is 25.1 Å². The first-order valence-electron chi connectivity index (χ1n) is 5.13. The highest BCUT2D eigenvalue weighted by atomic mass is 16.4. The van der Waals surface area contributed by atoms with Crippen molar-refractivity contribution in [3.05, 3.63) is 48.0 Å². The highest BCUT2D eigenvalue weighted by Crippen LogP contribution is 2.10. The van der Waals surface area contributed by atoms with Crippen molar-refractivity contribution in [3.63, 3.8) is 0 Å². The zero-order valence-corrected chi connectivity index (χ0v) is 8.89. The molecule has 80 valence electrons. The lowest BCUT2D eigenvalue weighted by Gasteiger charge is -2.05. The second-order valence-corrected chi connectivity index (χ2v) is 3.70. The predicted molar refractivity (Wildman–Crippen MR) is 60.7 cm³/mol. The zero-order chi connectivity index (χ0) is 11.1. The largest absolute Gasteiger partial charge is 0.478 e. The van der Waals surface area contributed by atoms with Gasteiger partial charge in [-0.3, -0.25) is 0 Å². The van der Waals surface area contributed by atoms with Crippen LogP contribution in [0.15, 0.2) is 42.5 Å². The van der Waals surface area contributed by atoms with Crippen LogP contribution in [0.3, 0.4) is 0 Å². The fourth-order valence-electron chi connectivity index (χ4n) is 1.38. The summed E-state index contributed by atoms with van der Waals surface area (Å²) in [6.07, 6.45) is 4.93. The van der Waals surface area contributed by atoms with E-state index >= 15 is 0 Å². The molecular formula is C13H16O2. The molecule has 0 aliphatic carbocycles. The van der Waals surface area contributed by atoms with Crippen LogP contribution in [0.4, 0.5) is 0 Å². The van der Waals surface area contributed by atoms with Gasteiger partial charge in [0.1, 0.15) is 0 Å². The van der Waals surface area contributed by atoms with Crippen LogP contribution >= 0.6 is 0 Å². The third kappa shape index (κ3) is 5.01. The summed E-state index contributed by atoms with van der Waals surface area (Å²) < 4.78 is 0. The normalized spacial score (nSPS) is 12.9. The van der Waals surface area contributed by atoms with Gasteiger partial charge in [-0.15, -0.1) is 0 Å². The van der Waals surface area contributed by atoms with E-state index in [0.29, 0.717) is 5.92 Å². The minimum absolute atomic E-state index is 0.307. The summed E-state index contributed by atoms with van der Waals surface area (Å²) in [6, 6.07) is 10.2. The number of benzene rings is 1. The first-order chi connectivity index (χ1) is 7.18. The number of allylic oxidation sites excluding steroid dienone is 1. The molecule has 0 radical (unpaired) electrons. The van der Waals surface area contributed by atoms with E-state index in [2.05, 4.69) is 12.1 Å². The number of carboxylic acids is 1. The van der Waals surface area contributed by atoms with E-state index in [4.69, 9.17) is 5.11 Å². The van der Waals surface area contributed by atoms with Gasteiger partial charge in [0.15, 0.2) is 0 Å². The minimum Gasteiger partial charge on any atom is -0.478 e. The molecule has 1 aromatic rings. The first kappa shape index (κ1) is 11.5. The number of aryl methyl sites for hydroxylation is 1. The van der Waals surface area contributed by atoms with Gasteiger partial charge in [-0.1, -0.05) is 43.3 Å². The number of rotatable bonds is 5. The van der Waals surface area contributed by atoms with Gasteiger partial charge in [0, 0.05) is 6.08 Å². The number of carboxylic acid groups (broad SMARTS) is 1. The van der Waals surface area contributed by atoms with Crippen LogP contribution in [0, 0.1) is 5.92 Å². The van der Waals surface area contributed by atoms with Crippen molar-refractivity contribution >= 4 is 5.97 Å². The lowest BCUT2D eigenvalue weighted by atomic mass is 10.0. The van der Waals surface area contributed by atoms with Gasteiger partial charge in [0.05, 0.1) is 0 Å². The zero-order valence-electron chi connectivity index (χ0n) is 8.89. The SMILES string of the molecule is CC(C=CC(=O)O)CCc1ccccc1.